The van der Waals surface area contributed by atoms with Crippen molar-refractivity contribution in [2.75, 3.05) is 7.11 Å². The summed E-state index contributed by atoms with van der Waals surface area (Å²) in [5.74, 6) is 2.10. The Kier molecular flexibility index (Phi) is 7.60. The van der Waals surface area contributed by atoms with E-state index in [1.54, 1.807) is 18.0 Å². The molecule has 0 aliphatic carbocycles. The van der Waals surface area contributed by atoms with Crippen LogP contribution in [0.4, 0.5) is 0 Å². The summed E-state index contributed by atoms with van der Waals surface area (Å²) in [6.45, 7) is 2.59. The van der Waals surface area contributed by atoms with Gasteiger partial charge in [0.25, 0.3) is 0 Å². The lowest BCUT2D eigenvalue weighted by Gasteiger charge is -2.13. The van der Waals surface area contributed by atoms with Gasteiger partial charge in [-0.15, -0.1) is 0 Å². The number of aromatic nitrogens is 3. The zero-order valence-electron chi connectivity index (χ0n) is 16.4. The Bertz CT molecular complexity index is 1030. The largest absolute Gasteiger partial charge is 0.493 e. The third kappa shape index (κ3) is 5.55. The molecule has 0 saturated heterocycles. The molecule has 0 atom stereocenters. The molecule has 152 valence electrons. The molecule has 29 heavy (non-hydrogen) atoms. The van der Waals surface area contributed by atoms with E-state index in [1.807, 2.05) is 42.5 Å². The van der Waals surface area contributed by atoms with Crippen LogP contribution in [0.3, 0.4) is 0 Å². The van der Waals surface area contributed by atoms with Crippen LogP contribution in [-0.4, -0.2) is 28.2 Å². The molecule has 1 N–H and O–H groups in total. The number of halogens is 1. The van der Waals surface area contributed by atoms with Gasteiger partial charge >= 0.3 is 0 Å². The van der Waals surface area contributed by atoms with E-state index in [2.05, 4.69) is 38.2 Å². The fourth-order valence-electron chi connectivity index (χ4n) is 2.75. The highest BCUT2D eigenvalue weighted by Gasteiger charge is 2.12. The molecule has 0 unspecified atom stereocenters. The number of benzene rings is 2. The van der Waals surface area contributed by atoms with Gasteiger partial charge in [-0.05, 0) is 57.8 Å². The number of methoxy groups -OCH3 is 1. The molecule has 0 saturated carbocycles. The van der Waals surface area contributed by atoms with Gasteiger partial charge in [0, 0.05) is 6.42 Å². The molecular formula is C21H23BrN4O2S. The summed E-state index contributed by atoms with van der Waals surface area (Å²) in [6.07, 6.45) is 4.66. The number of hydrogen-bond donors (Lipinski definition) is 1. The van der Waals surface area contributed by atoms with Crippen molar-refractivity contribution in [1.29, 1.82) is 0 Å². The summed E-state index contributed by atoms with van der Waals surface area (Å²) in [7, 11) is 1.62. The highest BCUT2D eigenvalue weighted by molar-refractivity contribution is 9.10. The van der Waals surface area contributed by atoms with E-state index in [9.17, 15) is 0 Å². The number of nitrogens with zero attached hydrogens (tertiary/aromatic N) is 3. The molecule has 6 nitrogen and oxygen atoms in total. The zero-order valence-corrected chi connectivity index (χ0v) is 18.8. The Balaban J connectivity index is 1.81. The Morgan fingerprint density at radius 2 is 2.07 bits per heavy atom. The lowest BCUT2D eigenvalue weighted by atomic mass is 10.2. The number of rotatable bonds is 9. The van der Waals surface area contributed by atoms with Gasteiger partial charge in [0.15, 0.2) is 17.3 Å². The number of aromatic amines is 1. The second-order valence-corrected chi connectivity index (χ2v) is 7.65. The van der Waals surface area contributed by atoms with Crippen molar-refractivity contribution < 1.29 is 9.47 Å². The summed E-state index contributed by atoms with van der Waals surface area (Å²) >= 11 is 8.87. The lowest BCUT2D eigenvalue weighted by Crippen LogP contribution is -2.01. The van der Waals surface area contributed by atoms with Crippen LogP contribution in [0.5, 0.6) is 11.5 Å². The van der Waals surface area contributed by atoms with Crippen LogP contribution in [0.2, 0.25) is 0 Å². The maximum atomic E-state index is 5.98. The topological polar surface area (TPSA) is 64.4 Å². The van der Waals surface area contributed by atoms with Crippen LogP contribution in [0.25, 0.3) is 0 Å². The van der Waals surface area contributed by atoms with E-state index >= 15 is 0 Å². The van der Waals surface area contributed by atoms with Crippen LogP contribution in [0.15, 0.2) is 52.0 Å². The Hall–Kier alpha value is -2.45. The van der Waals surface area contributed by atoms with E-state index in [0.29, 0.717) is 22.9 Å². The predicted octanol–water partition coefficient (Wildman–Crippen LogP) is 5.52. The Morgan fingerprint density at radius 3 is 2.79 bits per heavy atom. The van der Waals surface area contributed by atoms with Crippen LogP contribution < -0.4 is 9.47 Å². The molecule has 0 fully saturated rings. The summed E-state index contributed by atoms with van der Waals surface area (Å²) in [5.41, 5.74) is 1.94. The number of unbranched alkanes of at least 4 members (excludes halogenated alkanes) is 1. The first kappa shape index (κ1) is 21.3. The SMILES string of the molecule is CCCCc1n[nH]c(=S)n1/N=C\c1cc(Br)c(OCc2ccccc2)c(OC)c1. The van der Waals surface area contributed by atoms with Crippen molar-refractivity contribution in [1.82, 2.24) is 14.9 Å². The second kappa shape index (κ2) is 10.4. The fraction of sp³-hybridized carbons (Fsp3) is 0.286. The first-order chi connectivity index (χ1) is 14.1. The van der Waals surface area contributed by atoms with Crippen LogP contribution >= 0.6 is 28.1 Å². The Morgan fingerprint density at radius 1 is 1.28 bits per heavy atom. The first-order valence-corrected chi connectivity index (χ1v) is 10.6. The van der Waals surface area contributed by atoms with Crippen molar-refractivity contribution in [3.05, 3.63) is 68.7 Å². The first-order valence-electron chi connectivity index (χ1n) is 9.37. The van der Waals surface area contributed by atoms with E-state index < -0.39 is 0 Å². The molecule has 0 aliphatic heterocycles. The van der Waals surface area contributed by atoms with Crippen molar-refractivity contribution in [3.8, 4) is 11.5 Å². The van der Waals surface area contributed by atoms with Crippen LogP contribution in [0, 0.1) is 4.77 Å². The van der Waals surface area contributed by atoms with Crippen LogP contribution in [0.1, 0.15) is 36.7 Å². The maximum Gasteiger partial charge on any atom is 0.216 e. The van der Waals surface area contributed by atoms with Gasteiger partial charge in [-0.3, -0.25) is 5.10 Å². The number of H-pyrrole nitrogens is 1. The van der Waals surface area contributed by atoms with Gasteiger partial charge < -0.3 is 9.47 Å². The minimum absolute atomic E-state index is 0.453. The molecule has 8 heteroatoms. The molecule has 0 aliphatic rings. The molecule has 0 bridgehead atoms. The third-order valence-corrected chi connectivity index (χ3v) is 5.12. The fourth-order valence-corrected chi connectivity index (χ4v) is 3.52. The van der Waals surface area contributed by atoms with Gasteiger partial charge in [0.2, 0.25) is 4.77 Å². The normalized spacial score (nSPS) is 11.1. The van der Waals surface area contributed by atoms with Gasteiger partial charge in [-0.1, -0.05) is 43.7 Å². The quantitative estimate of drug-likeness (QED) is 0.327. The van der Waals surface area contributed by atoms with Gasteiger partial charge in [-0.25, -0.2) is 0 Å². The average molecular weight is 475 g/mol. The van der Waals surface area contributed by atoms with Gasteiger partial charge in [0.1, 0.15) is 6.61 Å². The summed E-state index contributed by atoms with van der Waals surface area (Å²) in [4.78, 5) is 0. The molecule has 0 spiro atoms. The average Bonchev–Trinajstić information content (AvgIpc) is 3.09. The summed E-state index contributed by atoms with van der Waals surface area (Å²) in [6, 6.07) is 13.8. The molecule has 3 aromatic rings. The predicted molar refractivity (Wildman–Crippen MR) is 120 cm³/mol. The number of aryl methyl sites for hydroxylation is 1. The van der Waals surface area contributed by atoms with Gasteiger partial charge in [-0.2, -0.15) is 14.9 Å². The van der Waals surface area contributed by atoms with E-state index in [4.69, 9.17) is 21.7 Å². The van der Waals surface area contributed by atoms with Crippen LogP contribution in [-0.2, 0) is 13.0 Å². The second-order valence-electron chi connectivity index (χ2n) is 6.41. The lowest BCUT2D eigenvalue weighted by molar-refractivity contribution is 0.282. The molecule has 2 aromatic carbocycles. The smallest absolute Gasteiger partial charge is 0.216 e. The van der Waals surface area contributed by atoms with Crippen molar-refractivity contribution in [2.24, 2.45) is 5.10 Å². The highest BCUT2D eigenvalue weighted by Crippen LogP contribution is 2.36. The molecule has 3 rings (SSSR count). The monoisotopic (exact) mass is 474 g/mol. The highest BCUT2D eigenvalue weighted by atomic mass is 79.9. The zero-order chi connectivity index (χ0) is 20.6. The van der Waals surface area contributed by atoms with E-state index in [1.165, 1.54) is 0 Å². The molecular weight excluding hydrogens is 452 g/mol. The number of hydrogen-bond acceptors (Lipinski definition) is 5. The maximum absolute atomic E-state index is 5.98. The minimum Gasteiger partial charge on any atom is -0.493 e. The third-order valence-electron chi connectivity index (χ3n) is 4.27. The minimum atomic E-state index is 0.453. The van der Waals surface area contributed by atoms with E-state index in [-0.39, 0.29) is 0 Å². The standard InChI is InChI=1S/C21H23BrN4O2S/c1-3-4-10-19-24-25-21(29)26(19)23-13-16-11-17(22)20(18(12-16)27-2)28-14-15-8-6-5-7-9-15/h5-9,11-13H,3-4,10,14H2,1-2H3,(H,25,29)/b23-13-. The van der Waals surface area contributed by atoms with E-state index in [0.717, 1.165) is 40.7 Å². The van der Waals surface area contributed by atoms with Crippen molar-refractivity contribution >= 4 is 34.4 Å². The summed E-state index contributed by atoms with van der Waals surface area (Å²) in [5, 5.41) is 11.6. The molecule has 1 heterocycles. The molecule has 1 aromatic heterocycles. The van der Waals surface area contributed by atoms with Crippen molar-refractivity contribution in [3.63, 3.8) is 0 Å². The van der Waals surface area contributed by atoms with Crippen molar-refractivity contribution in [2.45, 2.75) is 32.8 Å². The summed E-state index contributed by atoms with van der Waals surface area (Å²) < 4.78 is 14.4. The number of nitrogens with one attached hydrogen (secondary N) is 1. The van der Waals surface area contributed by atoms with Gasteiger partial charge in [0.05, 0.1) is 17.8 Å². The molecule has 0 amide bonds. The number of ether oxygens (including phenoxy) is 2. The Labute approximate surface area is 183 Å². The molecule has 0 radical (unpaired) electrons.